The predicted molar refractivity (Wildman–Crippen MR) is 103 cm³/mol. The molecule has 0 aliphatic carbocycles. The van der Waals surface area contributed by atoms with E-state index in [-0.39, 0.29) is 42.6 Å². The number of nitrogens with one attached hydrogen (secondary N) is 2. The van der Waals surface area contributed by atoms with Gasteiger partial charge in [0, 0.05) is 36.5 Å². The van der Waals surface area contributed by atoms with Crippen molar-refractivity contribution in [1.29, 1.82) is 0 Å². The maximum Gasteiger partial charge on any atom is 0.316 e. The third kappa shape index (κ3) is 5.17. The second kappa shape index (κ2) is 9.13. The van der Waals surface area contributed by atoms with Crippen LogP contribution >= 0.6 is 11.6 Å². The van der Waals surface area contributed by atoms with E-state index >= 15 is 0 Å². The molecule has 3 rings (SSSR count). The van der Waals surface area contributed by atoms with Crippen LogP contribution in [0.4, 0.5) is 5.69 Å². The molecule has 1 aromatic carbocycles. The molecule has 0 aliphatic heterocycles. The fraction of sp³-hybridized carbons (Fsp3) is 0.235. The van der Waals surface area contributed by atoms with Crippen molar-refractivity contribution in [2.24, 2.45) is 0 Å². The highest BCUT2D eigenvalue weighted by Crippen LogP contribution is 2.18. The molecule has 0 unspecified atom stereocenters. The van der Waals surface area contributed by atoms with E-state index in [1.807, 2.05) is 0 Å². The second-order valence-corrected chi connectivity index (χ2v) is 6.58. The number of aromatic nitrogens is 4. The van der Waals surface area contributed by atoms with Crippen LogP contribution in [0, 0.1) is 17.0 Å². The molecule has 13 heteroatoms. The van der Waals surface area contributed by atoms with Gasteiger partial charge in [-0.05, 0) is 19.1 Å². The smallest absolute Gasteiger partial charge is 0.316 e. The van der Waals surface area contributed by atoms with Crippen molar-refractivity contribution in [3.8, 4) is 0 Å². The molecule has 0 atom stereocenters. The summed E-state index contributed by atoms with van der Waals surface area (Å²) in [6.07, 6.45) is 3.04. The van der Waals surface area contributed by atoms with Crippen molar-refractivity contribution in [2.45, 2.75) is 13.5 Å². The van der Waals surface area contributed by atoms with Gasteiger partial charge in [0.15, 0.2) is 5.82 Å². The summed E-state index contributed by atoms with van der Waals surface area (Å²) in [4.78, 5) is 38.5. The number of aryl methyl sites for hydroxylation is 1. The van der Waals surface area contributed by atoms with E-state index in [2.05, 4.69) is 25.9 Å². The van der Waals surface area contributed by atoms with Crippen molar-refractivity contribution < 1.29 is 19.0 Å². The number of carbonyl (C=O) groups is 2. The number of amides is 2. The van der Waals surface area contributed by atoms with Crippen molar-refractivity contribution in [3.63, 3.8) is 0 Å². The first-order chi connectivity index (χ1) is 14.3. The number of nitro benzene ring substituents is 1. The summed E-state index contributed by atoms with van der Waals surface area (Å²) in [5, 5.41) is 24.1. The van der Waals surface area contributed by atoms with Crippen LogP contribution < -0.4 is 10.6 Å². The molecule has 0 saturated heterocycles. The number of hydrogen-bond acceptors (Lipinski definition) is 8. The topological polar surface area (TPSA) is 158 Å². The monoisotopic (exact) mass is 433 g/mol. The highest BCUT2D eigenvalue weighted by atomic mass is 35.5. The maximum absolute atomic E-state index is 12.1. The fourth-order valence-electron chi connectivity index (χ4n) is 2.51. The van der Waals surface area contributed by atoms with E-state index in [0.717, 1.165) is 0 Å². The van der Waals surface area contributed by atoms with E-state index in [4.69, 9.17) is 16.1 Å². The molecule has 2 aromatic heterocycles. The van der Waals surface area contributed by atoms with Gasteiger partial charge in [0.25, 0.3) is 11.6 Å². The zero-order chi connectivity index (χ0) is 21.7. The van der Waals surface area contributed by atoms with E-state index in [1.54, 1.807) is 13.1 Å². The molecule has 156 valence electrons. The fourth-order valence-corrected chi connectivity index (χ4v) is 2.67. The maximum atomic E-state index is 12.1. The summed E-state index contributed by atoms with van der Waals surface area (Å²) in [5.41, 5.74) is 0.601. The summed E-state index contributed by atoms with van der Waals surface area (Å²) in [6.45, 7) is 1.99. The molecular weight excluding hydrogens is 418 g/mol. The normalized spacial score (nSPS) is 10.6. The van der Waals surface area contributed by atoms with Crippen LogP contribution in [0.15, 0.2) is 35.1 Å². The summed E-state index contributed by atoms with van der Waals surface area (Å²) in [7, 11) is 0. The number of benzene rings is 1. The molecule has 2 heterocycles. The van der Waals surface area contributed by atoms with Crippen molar-refractivity contribution in [3.05, 3.63) is 68.6 Å². The van der Waals surface area contributed by atoms with Crippen molar-refractivity contribution in [2.75, 3.05) is 13.1 Å². The van der Waals surface area contributed by atoms with Crippen LogP contribution in [0.3, 0.4) is 0 Å². The largest absolute Gasteiger partial charge is 0.350 e. The zero-order valence-electron chi connectivity index (χ0n) is 15.7. The van der Waals surface area contributed by atoms with E-state index in [0.29, 0.717) is 10.6 Å². The summed E-state index contributed by atoms with van der Waals surface area (Å²) in [6, 6.07) is 4.07. The van der Waals surface area contributed by atoms with Gasteiger partial charge in [-0.25, -0.2) is 0 Å². The molecule has 0 radical (unpaired) electrons. The second-order valence-electron chi connectivity index (χ2n) is 6.14. The Kier molecular flexibility index (Phi) is 6.37. The Labute approximate surface area is 174 Å². The molecule has 0 fully saturated rings. The summed E-state index contributed by atoms with van der Waals surface area (Å²) >= 11 is 5.77. The molecule has 0 spiro atoms. The van der Waals surface area contributed by atoms with Gasteiger partial charge in [0.2, 0.25) is 0 Å². The van der Waals surface area contributed by atoms with E-state index in [9.17, 15) is 19.7 Å². The Morgan fingerprint density at radius 3 is 2.63 bits per heavy atom. The molecule has 0 bridgehead atoms. The zero-order valence-corrected chi connectivity index (χ0v) is 16.4. The average molecular weight is 434 g/mol. The Bertz CT molecular complexity index is 1090. The first kappa shape index (κ1) is 20.9. The van der Waals surface area contributed by atoms with Crippen LogP contribution in [0.5, 0.6) is 0 Å². The first-order valence-corrected chi connectivity index (χ1v) is 9.03. The highest BCUT2D eigenvalue weighted by Gasteiger charge is 2.16. The minimum Gasteiger partial charge on any atom is -0.350 e. The first-order valence-electron chi connectivity index (χ1n) is 8.65. The lowest BCUT2D eigenvalue weighted by Gasteiger charge is -2.06. The van der Waals surface area contributed by atoms with Gasteiger partial charge in [-0.2, -0.15) is 10.1 Å². The van der Waals surface area contributed by atoms with E-state index < -0.39 is 16.7 Å². The molecule has 0 aliphatic rings. The molecule has 12 nitrogen and oxygen atoms in total. The molecule has 2 amide bonds. The van der Waals surface area contributed by atoms with Crippen molar-refractivity contribution >= 4 is 29.1 Å². The quantitative estimate of drug-likeness (QED) is 0.306. The van der Waals surface area contributed by atoms with Gasteiger partial charge < -0.3 is 15.2 Å². The van der Waals surface area contributed by atoms with E-state index in [1.165, 1.54) is 29.1 Å². The lowest BCUT2D eigenvalue weighted by molar-refractivity contribution is -0.385. The standard InChI is InChI=1S/C17H16ClN7O5/c1-10-6-11(2-3-13(10)25(28)29)15(26)19-4-5-20-16(27)17-22-14(23-30-17)9-24-8-12(18)7-21-24/h2-3,6-8H,4-5,9H2,1H3,(H,19,26)(H,20,27). The number of nitrogens with zero attached hydrogens (tertiary/aromatic N) is 5. The van der Waals surface area contributed by atoms with Gasteiger partial charge in [-0.1, -0.05) is 16.8 Å². The number of halogens is 1. The molecular formula is C17H16ClN7O5. The number of hydrogen-bond donors (Lipinski definition) is 2. The van der Waals surface area contributed by atoms with Crippen LogP contribution in [0.2, 0.25) is 5.02 Å². The molecule has 2 N–H and O–H groups in total. The third-order valence-corrected chi connectivity index (χ3v) is 4.11. The Morgan fingerprint density at radius 2 is 2.00 bits per heavy atom. The van der Waals surface area contributed by atoms with Crippen LogP contribution in [0.1, 0.15) is 32.4 Å². The van der Waals surface area contributed by atoms with Crippen LogP contribution in [-0.4, -0.2) is 49.7 Å². The third-order valence-electron chi connectivity index (χ3n) is 3.92. The molecule has 0 saturated carbocycles. The number of carbonyl (C=O) groups excluding carboxylic acids is 2. The summed E-state index contributed by atoms with van der Waals surface area (Å²) in [5.74, 6) is -0.977. The van der Waals surface area contributed by atoms with Gasteiger partial charge in [-0.15, -0.1) is 0 Å². The summed E-state index contributed by atoms with van der Waals surface area (Å²) < 4.78 is 6.40. The lowest BCUT2D eigenvalue weighted by Crippen LogP contribution is -2.34. The molecule has 3 aromatic rings. The SMILES string of the molecule is Cc1cc(C(=O)NCCNC(=O)c2nc(Cn3cc(Cl)cn3)no2)ccc1[N+](=O)[O-]. The Hall–Kier alpha value is -3.80. The van der Waals surface area contributed by atoms with Crippen LogP contribution in [-0.2, 0) is 6.54 Å². The highest BCUT2D eigenvalue weighted by molar-refractivity contribution is 6.30. The minimum atomic E-state index is -0.590. The Balaban J connectivity index is 1.45. The van der Waals surface area contributed by atoms with Gasteiger partial charge >= 0.3 is 11.8 Å². The van der Waals surface area contributed by atoms with Gasteiger partial charge in [0.05, 0.1) is 16.1 Å². The van der Waals surface area contributed by atoms with Crippen LogP contribution in [0.25, 0.3) is 0 Å². The minimum absolute atomic E-state index is 0.0617. The van der Waals surface area contributed by atoms with Crippen molar-refractivity contribution in [1.82, 2.24) is 30.6 Å². The van der Waals surface area contributed by atoms with Gasteiger partial charge in [0.1, 0.15) is 6.54 Å². The average Bonchev–Trinajstić information content (AvgIpc) is 3.33. The lowest BCUT2D eigenvalue weighted by atomic mass is 10.1. The molecule has 30 heavy (non-hydrogen) atoms. The predicted octanol–water partition coefficient (Wildman–Crippen LogP) is 1.34. The number of rotatable bonds is 8. The Morgan fingerprint density at radius 1 is 1.27 bits per heavy atom. The van der Waals surface area contributed by atoms with Gasteiger partial charge in [-0.3, -0.25) is 24.4 Å². The number of nitro groups is 1.